The summed E-state index contributed by atoms with van der Waals surface area (Å²) in [4.78, 5) is 27.8. The zero-order valence-electron chi connectivity index (χ0n) is 19.2. The molecule has 2 aromatic rings. The van der Waals surface area contributed by atoms with Gasteiger partial charge in [0.2, 0.25) is 0 Å². The summed E-state index contributed by atoms with van der Waals surface area (Å²) < 4.78 is 75.8. The minimum Gasteiger partial charge on any atom is -0.463 e. The van der Waals surface area contributed by atoms with E-state index in [0.29, 0.717) is 0 Å². The number of carbonyl (C=O) groups excluding carboxylic acids is 2. The van der Waals surface area contributed by atoms with Crippen molar-refractivity contribution in [1.82, 2.24) is 20.1 Å². The molecule has 0 unspecified atom stereocenters. The molecule has 0 aliphatic carbocycles. The second kappa shape index (κ2) is 11.2. The van der Waals surface area contributed by atoms with E-state index in [0.717, 1.165) is 17.9 Å². The largest absolute Gasteiger partial charge is 0.463 e. The molecule has 0 aliphatic heterocycles. The SMILES string of the molecule is C[C@H](CC(=O)OC[C@@H](NC(=O)OC(C)(C)C)c1ccc(Cl)c(-n2ncnc2C(F)F)c1)C(F)(F)F. The summed E-state index contributed by atoms with van der Waals surface area (Å²) in [7, 11) is 0. The van der Waals surface area contributed by atoms with E-state index in [1.165, 1.54) is 18.2 Å². The number of alkyl halides is 5. The normalized spacial score (nSPS) is 13.9. The van der Waals surface area contributed by atoms with Crippen LogP contribution in [-0.4, -0.2) is 45.2 Å². The second-order valence-electron chi connectivity index (χ2n) is 8.57. The molecule has 0 bridgehead atoms. The van der Waals surface area contributed by atoms with Gasteiger partial charge in [0.05, 0.1) is 29.1 Å². The molecule has 8 nitrogen and oxygen atoms in total. The number of benzene rings is 1. The number of aromatic nitrogens is 3. The molecule has 2 atom stereocenters. The smallest absolute Gasteiger partial charge is 0.408 e. The summed E-state index contributed by atoms with van der Waals surface area (Å²) in [6.07, 6.45) is -8.48. The summed E-state index contributed by atoms with van der Waals surface area (Å²) >= 11 is 6.15. The zero-order valence-corrected chi connectivity index (χ0v) is 20.0. The average molecular weight is 527 g/mol. The molecule has 14 heteroatoms. The van der Waals surface area contributed by atoms with Crippen LogP contribution < -0.4 is 5.32 Å². The van der Waals surface area contributed by atoms with E-state index in [9.17, 15) is 31.5 Å². The van der Waals surface area contributed by atoms with Crippen LogP contribution in [0, 0.1) is 5.92 Å². The molecule has 0 spiro atoms. The number of hydrogen-bond donors (Lipinski definition) is 1. The maximum Gasteiger partial charge on any atom is 0.408 e. The van der Waals surface area contributed by atoms with E-state index in [1.807, 2.05) is 0 Å². The third kappa shape index (κ3) is 8.34. The van der Waals surface area contributed by atoms with Gasteiger partial charge in [-0.15, -0.1) is 0 Å². The Morgan fingerprint density at radius 1 is 1.20 bits per heavy atom. The fraction of sp³-hybridized carbons (Fsp3) is 0.524. The molecule has 35 heavy (non-hydrogen) atoms. The van der Waals surface area contributed by atoms with Crippen LogP contribution >= 0.6 is 11.6 Å². The Balaban J connectivity index is 2.33. The minimum absolute atomic E-state index is 0.00928. The number of rotatable bonds is 8. The number of esters is 1. The minimum atomic E-state index is -4.58. The summed E-state index contributed by atoms with van der Waals surface area (Å²) in [5, 5.41) is 6.23. The maximum atomic E-state index is 13.3. The number of amides is 1. The Morgan fingerprint density at radius 2 is 1.86 bits per heavy atom. The molecular weight excluding hydrogens is 503 g/mol. The van der Waals surface area contributed by atoms with Crippen molar-refractivity contribution >= 4 is 23.7 Å². The van der Waals surface area contributed by atoms with Crippen molar-refractivity contribution in [3.63, 3.8) is 0 Å². The van der Waals surface area contributed by atoms with E-state index in [4.69, 9.17) is 21.1 Å². The number of ether oxygens (including phenoxy) is 2. The van der Waals surface area contributed by atoms with Crippen LogP contribution in [0.15, 0.2) is 24.5 Å². The van der Waals surface area contributed by atoms with Crippen molar-refractivity contribution in [1.29, 1.82) is 0 Å². The van der Waals surface area contributed by atoms with Crippen molar-refractivity contribution in [3.05, 3.63) is 40.9 Å². The van der Waals surface area contributed by atoms with E-state index in [1.54, 1.807) is 20.8 Å². The van der Waals surface area contributed by atoms with Crippen LogP contribution in [0.2, 0.25) is 5.02 Å². The highest BCUT2D eigenvalue weighted by Crippen LogP contribution is 2.30. The molecule has 0 saturated heterocycles. The number of hydrogen-bond acceptors (Lipinski definition) is 6. The lowest BCUT2D eigenvalue weighted by Gasteiger charge is -2.24. The van der Waals surface area contributed by atoms with Gasteiger partial charge in [0.15, 0.2) is 5.82 Å². The van der Waals surface area contributed by atoms with Gasteiger partial charge in [-0.3, -0.25) is 4.79 Å². The van der Waals surface area contributed by atoms with Crippen molar-refractivity contribution in [2.45, 2.75) is 58.4 Å². The summed E-state index contributed by atoms with van der Waals surface area (Å²) in [6.45, 7) is 5.09. The molecule has 1 N–H and O–H groups in total. The number of nitrogens with one attached hydrogen (secondary N) is 1. The predicted octanol–water partition coefficient (Wildman–Crippen LogP) is 5.56. The lowest BCUT2D eigenvalue weighted by molar-refractivity contribution is -0.180. The first-order chi connectivity index (χ1) is 16.1. The molecule has 0 aliphatic rings. The summed E-state index contributed by atoms with van der Waals surface area (Å²) in [6, 6.07) is 2.93. The zero-order chi connectivity index (χ0) is 26.6. The molecule has 0 radical (unpaired) electrons. The monoisotopic (exact) mass is 526 g/mol. The van der Waals surface area contributed by atoms with Crippen LogP contribution in [-0.2, 0) is 14.3 Å². The lowest BCUT2D eigenvalue weighted by Crippen LogP contribution is -2.37. The number of alkyl carbamates (subject to hydrolysis) is 1. The van der Waals surface area contributed by atoms with Crippen LogP contribution in [0.1, 0.15) is 58.0 Å². The fourth-order valence-electron chi connectivity index (χ4n) is 2.77. The van der Waals surface area contributed by atoms with Crippen molar-refractivity contribution in [3.8, 4) is 5.69 Å². The standard InChI is InChI=1S/C21H24ClF5N4O4/c1-11(21(25,26)27)7-16(32)34-9-14(30-19(33)35-20(2,3)4)12-5-6-13(22)15(8-12)31-18(17(23)24)28-10-29-31/h5-6,8,10-11,14,17H,7,9H2,1-4H3,(H,30,33)/t11-,14-/m1/s1. The third-order valence-electron chi connectivity index (χ3n) is 4.50. The van der Waals surface area contributed by atoms with Gasteiger partial charge in [0, 0.05) is 0 Å². The predicted molar refractivity (Wildman–Crippen MR) is 114 cm³/mol. The fourth-order valence-corrected chi connectivity index (χ4v) is 2.96. The van der Waals surface area contributed by atoms with Crippen molar-refractivity contribution < 1.29 is 41.0 Å². The first-order valence-electron chi connectivity index (χ1n) is 10.3. The Morgan fingerprint density at radius 3 is 2.43 bits per heavy atom. The van der Waals surface area contributed by atoms with Gasteiger partial charge in [-0.25, -0.2) is 23.2 Å². The van der Waals surface area contributed by atoms with Crippen molar-refractivity contribution in [2.75, 3.05) is 6.61 Å². The Bertz CT molecular complexity index is 1040. The quantitative estimate of drug-likeness (QED) is 0.358. The lowest BCUT2D eigenvalue weighted by atomic mass is 10.1. The molecule has 2 rings (SSSR count). The molecular formula is C21H24ClF5N4O4. The van der Waals surface area contributed by atoms with Gasteiger partial charge in [-0.2, -0.15) is 18.3 Å². The highest BCUT2D eigenvalue weighted by molar-refractivity contribution is 6.32. The maximum absolute atomic E-state index is 13.3. The van der Waals surface area contributed by atoms with Crippen LogP contribution in [0.4, 0.5) is 26.7 Å². The van der Waals surface area contributed by atoms with E-state index in [-0.39, 0.29) is 16.3 Å². The Kier molecular flexibility index (Phi) is 9.04. The molecule has 0 saturated carbocycles. The van der Waals surface area contributed by atoms with Gasteiger partial charge >= 0.3 is 18.2 Å². The summed E-state index contributed by atoms with van der Waals surface area (Å²) in [5.41, 5.74) is -0.668. The molecule has 0 fully saturated rings. The highest BCUT2D eigenvalue weighted by atomic mass is 35.5. The van der Waals surface area contributed by atoms with E-state index in [2.05, 4.69) is 15.4 Å². The molecule has 1 aromatic heterocycles. The van der Waals surface area contributed by atoms with Crippen LogP contribution in [0.3, 0.4) is 0 Å². The third-order valence-corrected chi connectivity index (χ3v) is 4.82. The Labute approximate surface area is 202 Å². The molecule has 1 amide bonds. The highest BCUT2D eigenvalue weighted by Gasteiger charge is 2.37. The number of halogens is 6. The number of carbonyl (C=O) groups is 2. The molecule has 1 aromatic carbocycles. The van der Waals surface area contributed by atoms with Gasteiger partial charge < -0.3 is 14.8 Å². The van der Waals surface area contributed by atoms with Crippen LogP contribution in [0.25, 0.3) is 5.69 Å². The van der Waals surface area contributed by atoms with E-state index < -0.39 is 61.1 Å². The first-order valence-corrected chi connectivity index (χ1v) is 10.7. The van der Waals surface area contributed by atoms with Gasteiger partial charge in [0.1, 0.15) is 18.5 Å². The topological polar surface area (TPSA) is 95.3 Å². The van der Waals surface area contributed by atoms with Crippen LogP contribution in [0.5, 0.6) is 0 Å². The first kappa shape index (κ1) is 28.3. The van der Waals surface area contributed by atoms with Gasteiger partial charge in [-0.1, -0.05) is 24.6 Å². The van der Waals surface area contributed by atoms with Gasteiger partial charge in [-0.05, 0) is 38.5 Å². The van der Waals surface area contributed by atoms with E-state index >= 15 is 0 Å². The number of nitrogens with zero attached hydrogens (tertiary/aromatic N) is 3. The van der Waals surface area contributed by atoms with Gasteiger partial charge in [0.25, 0.3) is 6.43 Å². The average Bonchev–Trinajstić information content (AvgIpc) is 3.19. The Hall–Kier alpha value is -2.96. The molecule has 1 heterocycles. The summed E-state index contributed by atoms with van der Waals surface area (Å²) in [5.74, 6) is -3.76. The van der Waals surface area contributed by atoms with Crippen molar-refractivity contribution in [2.24, 2.45) is 5.92 Å². The second-order valence-corrected chi connectivity index (χ2v) is 8.98. The molecule has 194 valence electrons.